The second-order valence-corrected chi connectivity index (χ2v) is 14.0. The Kier molecular flexibility index (Phi) is 12.9. The Morgan fingerprint density at radius 3 is 2.29 bits per heavy atom. The van der Waals surface area contributed by atoms with E-state index in [1.807, 2.05) is 13.8 Å². The molecule has 14 heteroatoms. The zero-order chi connectivity index (χ0) is 33.5. The van der Waals surface area contributed by atoms with E-state index < -0.39 is 47.0 Å². The fraction of sp³-hybridized carbons (Fsp3) is 0.581. The van der Waals surface area contributed by atoms with Crippen molar-refractivity contribution in [2.75, 3.05) is 7.05 Å². The first kappa shape index (κ1) is 36.3. The molecule has 1 unspecified atom stereocenters. The summed E-state index contributed by atoms with van der Waals surface area (Å²) in [6.07, 6.45) is -1.34. The molecule has 1 heterocycles. The molecular weight excluding hydrogens is 631 g/mol. The van der Waals surface area contributed by atoms with Crippen LogP contribution in [0, 0.1) is 17.8 Å². The first-order valence-electron chi connectivity index (χ1n) is 14.8. The van der Waals surface area contributed by atoms with Crippen molar-refractivity contribution in [1.29, 1.82) is 0 Å². The number of hydrogen-bond donors (Lipinski definition) is 2. The number of nitrogens with zero attached hydrogens (tertiary/aromatic N) is 2. The maximum Gasteiger partial charge on any atom is 0.416 e. The Morgan fingerprint density at radius 2 is 1.78 bits per heavy atom. The number of esters is 1. The Hall–Kier alpha value is -3.13. The Labute approximate surface area is 269 Å². The highest BCUT2D eigenvalue weighted by molar-refractivity contribution is 8.00. The molecule has 9 nitrogen and oxygen atoms in total. The highest BCUT2D eigenvalue weighted by Gasteiger charge is 2.33. The average Bonchev–Trinajstić information content (AvgIpc) is 3.42. The van der Waals surface area contributed by atoms with Gasteiger partial charge in [-0.2, -0.15) is 13.2 Å². The van der Waals surface area contributed by atoms with Gasteiger partial charge in [0.1, 0.15) is 10.7 Å². The third-order valence-electron chi connectivity index (χ3n) is 7.88. The molecule has 1 aliphatic rings. The van der Waals surface area contributed by atoms with Gasteiger partial charge in [-0.15, -0.1) is 23.1 Å². The van der Waals surface area contributed by atoms with Crippen LogP contribution in [0.1, 0.15) is 93.4 Å². The van der Waals surface area contributed by atoms with Crippen LogP contribution >= 0.6 is 23.1 Å². The van der Waals surface area contributed by atoms with E-state index in [4.69, 9.17) is 4.74 Å². The minimum atomic E-state index is -4.50. The zero-order valence-corrected chi connectivity index (χ0v) is 27.6. The number of carboxylic acids is 1. The van der Waals surface area contributed by atoms with E-state index >= 15 is 0 Å². The van der Waals surface area contributed by atoms with Gasteiger partial charge in [-0.3, -0.25) is 19.2 Å². The molecule has 1 saturated carbocycles. The maximum absolute atomic E-state index is 13.3. The van der Waals surface area contributed by atoms with Gasteiger partial charge in [0, 0.05) is 43.1 Å². The normalized spacial score (nSPS) is 16.3. The van der Waals surface area contributed by atoms with Crippen LogP contribution < -0.4 is 5.32 Å². The number of alkyl halides is 3. The summed E-state index contributed by atoms with van der Waals surface area (Å²) in [5.74, 6) is -2.62. The van der Waals surface area contributed by atoms with E-state index in [0.29, 0.717) is 22.2 Å². The quantitative estimate of drug-likeness (QED) is 0.121. The summed E-state index contributed by atoms with van der Waals surface area (Å²) in [5.41, 5.74) is -0.805. The van der Waals surface area contributed by atoms with Gasteiger partial charge in [-0.25, -0.2) is 4.98 Å². The van der Waals surface area contributed by atoms with E-state index in [1.54, 1.807) is 11.9 Å². The number of aromatic nitrogens is 1. The summed E-state index contributed by atoms with van der Waals surface area (Å²) in [5, 5.41) is 13.2. The second-order valence-electron chi connectivity index (χ2n) is 11.8. The van der Waals surface area contributed by atoms with Crippen LogP contribution in [0.15, 0.2) is 34.5 Å². The topological polar surface area (TPSA) is 126 Å². The van der Waals surface area contributed by atoms with Crippen molar-refractivity contribution in [3.8, 4) is 0 Å². The molecule has 2 N–H and O–H groups in total. The number of nitrogens with one attached hydrogen (secondary N) is 1. The summed E-state index contributed by atoms with van der Waals surface area (Å²) < 4.78 is 44.6. The molecule has 4 atom stereocenters. The minimum Gasteiger partial charge on any atom is -0.481 e. The molecule has 0 bridgehead atoms. The van der Waals surface area contributed by atoms with E-state index in [1.165, 1.54) is 31.4 Å². The van der Waals surface area contributed by atoms with Gasteiger partial charge in [-0.1, -0.05) is 27.2 Å². The van der Waals surface area contributed by atoms with Crippen molar-refractivity contribution in [2.45, 2.75) is 94.8 Å². The Balaban J connectivity index is 1.77. The van der Waals surface area contributed by atoms with E-state index in [2.05, 4.69) is 10.3 Å². The molecule has 45 heavy (non-hydrogen) atoms. The number of thioether (sulfide) groups is 1. The van der Waals surface area contributed by atoms with Gasteiger partial charge in [0.2, 0.25) is 5.91 Å². The minimum absolute atomic E-state index is 0.00286. The van der Waals surface area contributed by atoms with Gasteiger partial charge in [0.15, 0.2) is 6.10 Å². The molecule has 0 radical (unpaired) electrons. The van der Waals surface area contributed by atoms with Crippen molar-refractivity contribution in [3.05, 3.63) is 45.9 Å². The average molecular weight is 672 g/mol. The molecule has 2 aromatic rings. The van der Waals surface area contributed by atoms with Gasteiger partial charge in [-0.05, 0) is 55.4 Å². The number of halogens is 3. The lowest BCUT2D eigenvalue weighted by Gasteiger charge is -2.35. The third-order valence-corrected chi connectivity index (χ3v) is 9.96. The summed E-state index contributed by atoms with van der Waals surface area (Å²) in [6.45, 7) is 6.71. The fourth-order valence-electron chi connectivity index (χ4n) is 4.97. The van der Waals surface area contributed by atoms with Crippen LogP contribution in [0.4, 0.5) is 13.2 Å². The predicted octanol–water partition coefficient (Wildman–Crippen LogP) is 6.79. The molecule has 1 aromatic heterocycles. The molecule has 248 valence electrons. The molecule has 1 aromatic carbocycles. The lowest BCUT2D eigenvalue weighted by molar-refractivity contribution is -0.148. The van der Waals surface area contributed by atoms with Gasteiger partial charge in [0.05, 0.1) is 16.9 Å². The van der Waals surface area contributed by atoms with Crippen molar-refractivity contribution < 1.29 is 42.2 Å². The summed E-state index contributed by atoms with van der Waals surface area (Å²) in [4.78, 5) is 56.4. The first-order valence-corrected chi connectivity index (χ1v) is 16.6. The first-order chi connectivity index (χ1) is 21.0. The van der Waals surface area contributed by atoms with Crippen molar-refractivity contribution in [2.24, 2.45) is 17.8 Å². The van der Waals surface area contributed by atoms with Crippen molar-refractivity contribution in [1.82, 2.24) is 15.2 Å². The van der Waals surface area contributed by atoms with Crippen LogP contribution in [-0.4, -0.2) is 57.2 Å². The van der Waals surface area contributed by atoms with Gasteiger partial charge >= 0.3 is 18.1 Å². The van der Waals surface area contributed by atoms with E-state index in [9.17, 15) is 37.5 Å². The van der Waals surface area contributed by atoms with Crippen LogP contribution in [0.2, 0.25) is 0 Å². The van der Waals surface area contributed by atoms with E-state index in [-0.39, 0.29) is 36.4 Å². The SMILES string of the molecule is CC(=O)O[C@H](CC(C(C)C)N(C)C(=O)CC1CCC1)c1nc(C(=O)N[C@H](C[C@H](C)C(=O)O)Sc2ccc(C(F)(F)F)cc2)cs1. The molecular formula is C31H40F3N3O6S2. The lowest BCUT2D eigenvalue weighted by atomic mass is 9.82. The summed E-state index contributed by atoms with van der Waals surface area (Å²) in [7, 11) is 1.75. The third kappa shape index (κ3) is 10.7. The maximum atomic E-state index is 13.3. The number of aliphatic carboxylic acids is 1. The van der Waals surface area contributed by atoms with Gasteiger partial charge in [0.25, 0.3) is 5.91 Å². The highest BCUT2D eigenvalue weighted by atomic mass is 32.2. The van der Waals surface area contributed by atoms with Crippen molar-refractivity contribution in [3.63, 3.8) is 0 Å². The Morgan fingerprint density at radius 1 is 1.13 bits per heavy atom. The van der Waals surface area contributed by atoms with Crippen LogP contribution in [0.25, 0.3) is 0 Å². The standard InChI is InChI=1S/C31H40F3N3O6S2/c1-17(2)24(37(5)27(39)14-20-7-6-8-20)15-25(43-19(4)38)29-35-23(16-44-29)28(40)36-26(13-18(3)30(41)42)45-22-11-9-21(10-12-22)31(32,33)34/h9-12,16-18,20,24-26H,6-8,13-15H2,1-5H3,(H,36,40)(H,41,42)/t18-,24?,25+,26-/m0/s1. The fourth-order valence-corrected chi connectivity index (χ4v) is 6.99. The van der Waals surface area contributed by atoms with Gasteiger partial charge < -0.3 is 20.1 Å². The van der Waals surface area contributed by atoms with E-state index in [0.717, 1.165) is 54.5 Å². The Bertz CT molecular complexity index is 1330. The second kappa shape index (κ2) is 15.9. The number of carboxylic acid groups (broad SMARTS) is 1. The highest BCUT2D eigenvalue weighted by Crippen LogP contribution is 2.35. The van der Waals surface area contributed by atoms with Crippen molar-refractivity contribution >= 4 is 46.9 Å². The molecule has 3 rings (SSSR count). The van der Waals surface area contributed by atoms with Crippen LogP contribution in [0.3, 0.4) is 0 Å². The molecule has 1 fully saturated rings. The molecule has 1 aliphatic carbocycles. The number of carbonyl (C=O) groups is 4. The number of carbonyl (C=O) groups excluding carboxylic acids is 3. The number of hydrogen-bond acceptors (Lipinski definition) is 8. The monoisotopic (exact) mass is 671 g/mol. The van der Waals surface area contributed by atoms with Crippen LogP contribution in [0.5, 0.6) is 0 Å². The molecule has 0 saturated heterocycles. The zero-order valence-electron chi connectivity index (χ0n) is 25.9. The summed E-state index contributed by atoms with van der Waals surface area (Å²) in [6, 6.07) is 4.12. The van der Waals surface area contributed by atoms with Crippen LogP contribution in [-0.2, 0) is 25.3 Å². The smallest absolute Gasteiger partial charge is 0.416 e. The molecule has 0 spiro atoms. The number of rotatable bonds is 15. The molecule has 2 amide bonds. The predicted molar refractivity (Wildman–Crippen MR) is 165 cm³/mol. The number of benzene rings is 1. The lowest BCUT2D eigenvalue weighted by Crippen LogP contribution is -2.42. The number of thiazole rings is 1. The number of amides is 2. The largest absolute Gasteiger partial charge is 0.481 e. The summed E-state index contributed by atoms with van der Waals surface area (Å²) >= 11 is 2.15. The molecule has 0 aliphatic heterocycles. The number of ether oxygens (including phenoxy) is 1.